The Labute approximate surface area is 190 Å². The fourth-order valence-corrected chi connectivity index (χ4v) is 7.24. The molecule has 153 valence electrons. The van der Waals surface area contributed by atoms with Crippen LogP contribution >= 0.6 is 0 Å². The number of benzene rings is 2. The molecular weight excluding hydrogens is 547 g/mol. The third-order valence-corrected chi connectivity index (χ3v) is 8.01. The minimum Gasteiger partial charge on any atom is -0.501 e. The smallest absolute Gasteiger partial charge is 0.120 e. The summed E-state index contributed by atoms with van der Waals surface area (Å²) in [6.45, 7) is 0. The number of rotatable bonds is 2. The summed E-state index contributed by atoms with van der Waals surface area (Å²) in [5, 5.41) is 2.31. The Morgan fingerprint density at radius 1 is 0.900 bits per heavy atom. The van der Waals surface area contributed by atoms with E-state index in [0.717, 1.165) is 50.9 Å². The predicted molar refractivity (Wildman–Crippen MR) is 116 cm³/mol. The molecule has 0 spiro atoms. The van der Waals surface area contributed by atoms with Gasteiger partial charge in [-0.15, -0.1) is 18.2 Å². The molecule has 0 atom stereocenters. The summed E-state index contributed by atoms with van der Waals surface area (Å²) in [6.07, 6.45) is 10.6. The van der Waals surface area contributed by atoms with Gasteiger partial charge in [0.2, 0.25) is 0 Å². The van der Waals surface area contributed by atoms with Crippen LogP contribution in [0.15, 0.2) is 59.1 Å². The number of hydrogen-bond donors (Lipinski definition) is 0. The van der Waals surface area contributed by atoms with E-state index in [1.54, 1.807) is 0 Å². The maximum atomic E-state index is 6.26. The van der Waals surface area contributed by atoms with Crippen molar-refractivity contribution in [2.24, 2.45) is 17.8 Å². The van der Waals surface area contributed by atoms with Gasteiger partial charge in [-0.25, -0.2) is 0 Å². The molecule has 0 amide bonds. The number of hydrogen-bond acceptors (Lipinski definition) is 2. The molecule has 0 aliphatic heterocycles. The van der Waals surface area contributed by atoms with Gasteiger partial charge in [0.05, 0.1) is 5.58 Å². The van der Waals surface area contributed by atoms with Crippen LogP contribution in [0.2, 0.25) is 0 Å². The van der Waals surface area contributed by atoms with E-state index in [1.807, 2.05) is 24.4 Å². The van der Waals surface area contributed by atoms with Crippen LogP contribution in [0, 0.1) is 23.8 Å². The first-order valence-electron chi connectivity index (χ1n) is 11.1. The standard InChI is InChI=1S/C27H24NO.Ir/c1-2-7-25-21(4-1)22-5-3-6-23(26(22)29-25)24-13-20(8-9-28-24)27-14-17-10-18(15-27)12-19(11-17)16-27;/h1-5,7-9,13,17-19H,10-12,14-16H2;/q-1;. The summed E-state index contributed by atoms with van der Waals surface area (Å²) in [7, 11) is 0. The number of furan rings is 1. The van der Waals surface area contributed by atoms with Crippen LogP contribution < -0.4 is 0 Å². The third-order valence-electron chi connectivity index (χ3n) is 8.01. The molecule has 2 aromatic heterocycles. The SMILES string of the molecule is [Ir].[c-]1ccc2c(oc3ccccc32)c1-c1cc(C23CC4CC(CC(C4)C2)C3)ccn1. The summed E-state index contributed by atoms with van der Waals surface area (Å²) in [5.41, 5.74) is 5.72. The second-order valence-corrected chi connectivity index (χ2v) is 9.82. The molecule has 2 heterocycles. The molecule has 0 saturated heterocycles. The molecule has 4 aliphatic carbocycles. The molecule has 4 saturated carbocycles. The predicted octanol–water partition coefficient (Wildman–Crippen LogP) is 6.91. The van der Waals surface area contributed by atoms with E-state index in [4.69, 9.17) is 9.40 Å². The average molecular weight is 571 g/mol. The average Bonchev–Trinajstić information content (AvgIpc) is 3.12. The minimum atomic E-state index is 0. The van der Waals surface area contributed by atoms with Crippen LogP contribution in [0.5, 0.6) is 0 Å². The van der Waals surface area contributed by atoms with Crippen molar-refractivity contribution in [1.82, 2.24) is 4.98 Å². The molecule has 4 aliphatic rings. The van der Waals surface area contributed by atoms with Crippen LogP contribution in [0.1, 0.15) is 44.1 Å². The van der Waals surface area contributed by atoms with Crippen LogP contribution in [0.3, 0.4) is 0 Å². The monoisotopic (exact) mass is 571 g/mol. The van der Waals surface area contributed by atoms with Gasteiger partial charge in [-0.3, -0.25) is 0 Å². The normalized spacial score (nSPS) is 29.4. The van der Waals surface area contributed by atoms with Gasteiger partial charge in [0.1, 0.15) is 5.58 Å². The van der Waals surface area contributed by atoms with Gasteiger partial charge < -0.3 is 9.40 Å². The molecule has 2 aromatic carbocycles. The Morgan fingerprint density at radius 3 is 2.40 bits per heavy atom. The fourth-order valence-electron chi connectivity index (χ4n) is 7.24. The molecular formula is C27H24IrNO-. The molecule has 8 rings (SSSR count). The second kappa shape index (κ2) is 6.77. The van der Waals surface area contributed by atoms with Crippen LogP contribution in [-0.4, -0.2) is 4.98 Å². The van der Waals surface area contributed by atoms with Crippen molar-refractivity contribution in [2.75, 3.05) is 0 Å². The molecule has 4 fully saturated rings. The quantitative estimate of drug-likeness (QED) is 0.245. The van der Waals surface area contributed by atoms with Crippen molar-refractivity contribution in [3.05, 3.63) is 66.4 Å². The first-order valence-corrected chi connectivity index (χ1v) is 11.1. The van der Waals surface area contributed by atoms with E-state index in [9.17, 15) is 0 Å². The number of para-hydroxylation sites is 1. The van der Waals surface area contributed by atoms with Crippen LogP contribution in [-0.2, 0) is 25.5 Å². The topological polar surface area (TPSA) is 26.0 Å². The summed E-state index contributed by atoms with van der Waals surface area (Å²) in [4.78, 5) is 4.77. The fraction of sp³-hybridized carbons (Fsp3) is 0.370. The summed E-state index contributed by atoms with van der Waals surface area (Å²) < 4.78 is 6.26. The zero-order chi connectivity index (χ0) is 19.0. The molecule has 0 unspecified atom stereocenters. The molecule has 1 radical (unpaired) electrons. The van der Waals surface area contributed by atoms with E-state index >= 15 is 0 Å². The van der Waals surface area contributed by atoms with E-state index in [-0.39, 0.29) is 20.1 Å². The molecule has 4 bridgehead atoms. The Bertz CT molecular complexity index is 1220. The Morgan fingerprint density at radius 2 is 1.63 bits per heavy atom. The molecule has 4 aromatic rings. The summed E-state index contributed by atoms with van der Waals surface area (Å²) >= 11 is 0. The van der Waals surface area contributed by atoms with E-state index in [0.29, 0.717) is 5.41 Å². The Hall–Kier alpha value is -1.96. The second-order valence-electron chi connectivity index (χ2n) is 9.82. The van der Waals surface area contributed by atoms with E-state index in [1.165, 1.54) is 44.1 Å². The van der Waals surface area contributed by atoms with Crippen molar-refractivity contribution >= 4 is 21.9 Å². The summed E-state index contributed by atoms with van der Waals surface area (Å²) in [5.74, 6) is 2.84. The number of fused-ring (bicyclic) bond motifs is 3. The maximum Gasteiger partial charge on any atom is 0.120 e. The molecule has 0 N–H and O–H groups in total. The Balaban J connectivity index is 0.00000175. The van der Waals surface area contributed by atoms with Crippen LogP contribution in [0.25, 0.3) is 33.2 Å². The zero-order valence-electron chi connectivity index (χ0n) is 16.9. The molecule has 3 heteroatoms. The van der Waals surface area contributed by atoms with Gasteiger partial charge in [0, 0.05) is 31.7 Å². The minimum absolute atomic E-state index is 0. The largest absolute Gasteiger partial charge is 0.501 e. The third kappa shape index (κ3) is 2.68. The summed E-state index contributed by atoms with van der Waals surface area (Å²) in [6, 6.07) is 20.5. The number of pyridine rings is 1. The van der Waals surface area contributed by atoms with Gasteiger partial charge in [-0.05, 0) is 85.1 Å². The van der Waals surface area contributed by atoms with Gasteiger partial charge >= 0.3 is 0 Å². The maximum absolute atomic E-state index is 6.26. The van der Waals surface area contributed by atoms with Gasteiger partial charge in [0.25, 0.3) is 0 Å². The van der Waals surface area contributed by atoms with Gasteiger partial charge in [-0.2, -0.15) is 0 Å². The van der Waals surface area contributed by atoms with Crippen molar-refractivity contribution in [3.8, 4) is 11.3 Å². The first kappa shape index (κ1) is 18.8. The zero-order valence-corrected chi connectivity index (χ0v) is 19.3. The van der Waals surface area contributed by atoms with E-state index < -0.39 is 0 Å². The van der Waals surface area contributed by atoms with Crippen molar-refractivity contribution in [3.63, 3.8) is 0 Å². The Kier molecular flexibility index (Phi) is 4.24. The van der Waals surface area contributed by atoms with Gasteiger partial charge in [0.15, 0.2) is 0 Å². The van der Waals surface area contributed by atoms with Crippen molar-refractivity contribution in [1.29, 1.82) is 0 Å². The van der Waals surface area contributed by atoms with Gasteiger partial charge in [-0.1, -0.05) is 35.2 Å². The number of aromatic nitrogens is 1. The van der Waals surface area contributed by atoms with Crippen molar-refractivity contribution in [2.45, 2.75) is 43.9 Å². The molecule has 30 heavy (non-hydrogen) atoms. The van der Waals surface area contributed by atoms with Crippen molar-refractivity contribution < 1.29 is 24.5 Å². The van der Waals surface area contributed by atoms with Crippen LogP contribution in [0.4, 0.5) is 0 Å². The first-order chi connectivity index (χ1) is 14.3. The van der Waals surface area contributed by atoms with E-state index in [2.05, 4.69) is 36.4 Å². The number of nitrogens with zero attached hydrogens (tertiary/aromatic N) is 1. The molecule has 2 nitrogen and oxygen atoms in total.